The summed E-state index contributed by atoms with van der Waals surface area (Å²) < 4.78 is 5.66. The molecule has 0 aliphatic carbocycles. The molecule has 2 aromatic rings. The van der Waals surface area contributed by atoms with Crippen LogP contribution in [0.2, 0.25) is 5.02 Å². The summed E-state index contributed by atoms with van der Waals surface area (Å²) >= 11 is 7.78. The third-order valence-electron chi connectivity index (χ3n) is 4.51. The zero-order valence-electron chi connectivity index (χ0n) is 14.5. The van der Waals surface area contributed by atoms with E-state index >= 15 is 0 Å². The second-order valence-corrected chi connectivity index (χ2v) is 7.84. The first kappa shape index (κ1) is 18.2. The van der Waals surface area contributed by atoms with Gasteiger partial charge in [0, 0.05) is 35.6 Å². The Hall–Kier alpha value is -1.56. The molecule has 3 rings (SSSR count). The van der Waals surface area contributed by atoms with Crippen molar-refractivity contribution >= 4 is 28.8 Å². The molecule has 2 atom stereocenters. The van der Waals surface area contributed by atoms with Gasteiger partial charge in [-0.25, -0.2) is 0 Å². The van der Waals surface area contributed by atoms with Gasteiger partial charge in [-0.1, -0.05) is 17.7 Å². The summed E-state index contributed by atoms with van der Waals surface area (Å²) in [4.78, 5) is 16.2. The van der Waals surface area contributed by atoms with Gasteiger partial charge in [0.15, 0.2) is 6.10 Å². The van der Waals surface area contributed by atoms with E-state index in [1.54, 1.807) is 31.2 Å². The number of halogens is 1. The quantitative estimate of drug-likeness (QED) is 0.832. The molecule has 1 aliphatic rings. The minimum Gasteiger partial charge on any atom is -0.481 e. The molecule has 25 heavy (non-hydrogen) atoms. The molecule has 0 saturated heterocycles. The van der Waals surface area contributed by atoms with Crippen molar-refractivity contribution in [1.82, 2.24) is 10.2 Å². The molecule has 1 aromatic carbocycles. The zero-order valence-corrected chi connectivity index (χ0v) is 16.1. The van der Waals surface area contributed by atoms with Gasteiger partial charge in [0.05, 0.1) is 0 Å². The van der Waals surface area contributed by atoms with Crippen LogP contribution in [0.15, 0.2) is 35.7 Å². The number of hydrogen-bond donors (Lipinski definition) is 1. The van der Waals surface area contributed by atoms with Gasteiger partial charge in [0.25, 0.3) is 5.91 Å². The molecule has 1 amide bonds. The second kappa shape index (κ2) is 8.21. The third kappa shape index (κ3) is 4.75. The van der Waals surface area contributed by atoms with E-state index in [0.717, 1.165) is 19.5 Å². The van der Waals surface area contributed by atoms with Crippen molar-refractivity contribution in [1.29, 1.82) is 0 Å². The minimum atomic E-state index is -0.560. The highest BCUT2D eigenvalue weighted by atomic mass is 35.5. The summed E-state index contributed by atoms with van der Waals surface area (Å²) in [6, 6.07) is 9.58. The molecule has 0 spiro atoms. The Labute approximate surface area is 157 Å². The molecule has 1 N–H and O–H groups in total. The number of nitrogens with zero attached hydrogens (tertiary/aromatic N) is 1. The van der Waals surface area contributed by atoms with Gasteiger partial charge in [-0.05, 0) is 55.5 Å². The molecule has 0 fully saturated rings. The molecule has 0 radical (unpaired) electrons. The van der Waals surface area contributed by atoms with Crippen molar-refractivity contribution in [2.45, 2.75) is 39.0 Å². The summed E-state index contributed by atoms with van der Waals surface area (Å²) in [7, 11) is 0. The lowest BCUT2D eigenvalue weighted by molar-refractivity contribution is -0.127. The van der Waals surface area contributed by atoms with E-state index in [1.807, 2.05) is 11.3 Å². The largest absolute Gasteiger partial charge is 0.481 e. The van der Waals surface area contributed by atoms with Gasteiger partial charge in [0.1, 0.15) is 5.75 Å². The summed E-state index contributed by atoms with van der Waals surface area (Å²) in [5, 5.41) is 5.75. The molecule has 2 unspecified atom stereocenters. The molecule has 134 valence electrons. The van der Waals surface area contributed by atoms with Crippen molar-refractivity contribution in [2.75, 3.05) is 13.1 Å². The number of hydrogen-bond acceptors (Lipinski definition) is 4. The molecule has 0 bridgehead atoms. The molecule has 1 aliphatic heterocycles. The van der Waals surface area contributed by atoms with Crippen LogP contribution < -0.4 is 10.1 Å². The van der Waals surface area contributed by atoms with Gasteiger partial charge in [-0.3, -0.25) is 9.69 Å². The lowest BCUT2D eigenvalue weighted by atomic mass is 10.1. The van der Waals surface area contributed by atoms with E-state index in [4.69, 9.17) is 16.3 Å². The molecule has 4 nitrogen and oxygen atoms in total. The van der Waals surface area contributed by atoms with Gasteiger partial charge in [-0.15, -0.1) is 11.3 Å². The first-order valence-electron chi connectivity index (χ1n) is 8.52. The van der Waals surface area contributed by atoms with Crippen molar-refractivity contribution in [3.63, 3.8) is 0 Å². The standard InChI is InChI=1S/C19H23ClN2O2S/c1-13(22-8-6-18-15(12-22)7-9-25-18)11-21-19(23)14(2)24-17-5-3-4-16(20)10-17/h3-5,7,9-10,13-14H,6,8,11-12H2,1-2H3,(H,21,23). The van der Waals surface area contributed by atoms with E-state index < -0.39 is 6.10 Å². The Kier molecular flexibility index (Phi) is 5.99. The number of carbonyl (C=O) groups is 1. The van der Waals surface area contributed by atoms with Gasteiger partial charge < -0.3 is 10.1 Å². The fourth-order valence-electron chi connectivity index (χ4n) is 2.97. The van der Waals surface area contributed by atoms with E-state index in [-0.39, 0.29) is 11.9 Å². The van der Waals surface area contributed by atoms with Crippen LogP contribution in [0.3, 0.4) is 0 Å². The number of ether oxygens (including phenoxy) is 1. The highest BCUT2D eigenvalue weighted by molar-refractivity contribution is 7.10. The molecule has 0 saturated carbocycles. The molecular weight excluding hydrogens is 356 g/mol. The lowest BCUT2D eigenvalue weighted by Crippen LogP contribution is -2.46. The van der Waals surface area contributed by atoms with Gasteiger partial charge in [-0.2, -0.15) is 0 Å². The number of fused-ring (bicyclic) bond motifs is 1. The Balaban J connectivity index is 1.47. The van der Waals surface area contributed by atoms with Crippen molar-refractivity contribution in [3.05, 3.63) is 51.2 Å². The highest BCUT2D eigenvalue weighted by Crippen LogP contribution is 2.25. The number of rotatable bonds is 6. The molecule has 6 heteroatoms. The van der Waals surface area contributed by atoms with Crippen molar-refractivity contribution in [2.24, 2.45) is 0 Å². The molecule has 2 heterocycles. The van der Waals surface area contributed by atoms with E-state index in [9.17, 15) is 4.79 Å². The maximum atomic E-state index is 12.3. The van der Waals surface area contributed by atoms with Crippen LogP contribution >= 0.6 is 22.9 Å². The SMILES string of the molecule is CC(Oc1cccc(Cl)c1)C(=O)NCC(C)N1CCc2sccc2C1. The van der Waals surface area contributed by atoms with Crippen molar-refractivity contribution in [3.8, 4) is 5.75 Å². The van der Waals surface area contributed by atoms with E-state index in [1.165, 1.54) is 10.4 Å². The number of benzene rings is 1. The molecular formula is C19H23ClN2O2S. The van der Waals surface area contributed by atoms with Crippen LogP contribution in [0.1, 0.15) is 24.3 Å². The molecule has 1 aromatic heterocycles. The lowest BCUT2D eigenvalue weighted by Gasteiger charge is -2.32. The summed E-state index contributed by atoms with van der Waals surface area (Å²) in [5.41, 5.74) is 1.42. The van der Waals surface area contributed by atoms with Gasteiger partial charge in [0.2, 0.25) is 0 Å². The Morgan fingerprint density at radius 1 is 1.40 bits per heavy atom. The number of thiophene rings is 1. The Morgan fingerprint density at radius 2 is 2.24 bits per heavy atom. The van der Waals surface area contributed by atoms with Crippen LogP contribution in [0.25, 0.3) is 0 Å². The Morgan fingerprint density at radius 3 is 3.04 bits per heavy atom. The third-order valence-corrected chi connectivity index (χ3v) is 5.77. The topological polar surface area (TPSA) is 41.6 Å². The van der Waals surface area contributed by atoms with Crippen LogP contribution in [-0.2, 0) is 17.8 Å². The summed E-state index contributed by atoms with van der Waals surface area (Å²) in [6.45, 7) is 6.52. The predicted molar refractivity (Wildman–Crippen MR) is 102 cm³/mol. The normalized spacial score (nSPS) is 16.8. The Bertz CT molecular complexity index is 734. The minimum absolute atomic E-state index is 0.111. The second-order valence-electron chi connectivity index (χ2n) is 6.40. The number of amides is 1. The highest BCUT2D eigenvalue weighted by Gasteiger charge is 2.22. The van der Waals surface area contributed by atoms with E-state index in [0.29, 0.717) is 17.3 Å². The zero-order chi connectivity index (χ0) is 17.8. The van der Waals surface area contributed by atoms with Crippen LogP contribution in [-0.4, -0.2) is 36.0 Å². The number of carbonyl (C=O) groups excluding carboxylic acids is 1. The fourth-order valence-corrected chi connectivity index (χ4v) is 4.04. The van der Waals surface area contributed by atoms with Crippen LogP contribution in [0.4, 0.5) is 0 Å². The summed E-state index contributed by atoms with van der Waals surface area (Å²) in [6.07, 6.45) is 0.537. The van der Waals surface area contributed by atoms with Crippen LogP contribution in [0.5, 0.6) is 5.75 Å². The first-order chi connectivity index (χ1) is 12.0. The van der Waals surface area contributed by atoms with Crippen molar-refractivity contribution < 1.29 is 9.53 Å². The maximum absolute atomic E-state index is 12.3. The summed E-state index contributed by atoms with van der Waals surface area (Å²) in [5.74, 6) is 0.490. The smallest absolute Gasteiger partial charge is 0.260 e. The van der Waals surface area contributed by atoms with Gasteiger partial charge >= 0.3 is 0 Å². The number of nitrogens with one attached hydrogen (secondary N) is 1. The average Bonchev–Trinajstić information content (AvgIpc) is 3.07. The fraction of sp³-hybridized carbons (Fsp3) is 0.421. The van der Waals surface area contributed by atoms with E-state index in [2.05, 4.69) is 28.6 Å². The maximum Gasteiger partial charge on any atom is 0.260 e. The van der Waals surface area contributed by atoms with Crippen LogP contribution in [0, 0.1) is 0 Å². The average molecular weight is 379 g/mol. The predicted octanol–water partition coefficient (Wildman–Crippen LogP) is 3.73. The monoisotopic (exact) mass is 378 g/mol. The first-order valence-corrected chi connectivity index (χ1v) is 9.78.